The van der Waals surface area contributed by atoms with Gasteiger partial charge in [-0.25, -0.2) is 8.42 Å². The van der Waals surface area contributed by atoms with Crippen molar-refractivity contribution in [2.24, 2.45) is 0 Å². The van der Waals surface area contributed by atoms with Gasteiger partial charge in [-0.05, 0) is 55.7 Å². The molecule has 1 N–H and O–H groups in total. The van der Waals surface area contributed by atoms with Crippen molar-refractivity contribution in [2.75, 3.05) is 15.9 Å². The van der Waals surface area contributed by atoms with E-state index in [2.05, 4.69) is 5.32 Å². The van der Waals surface area contributed by atoms with Crippen molar-refractivity contribution < 1.29 is 13.2 Å². The van der Waals surface area contributed by atoms with Gasteiger partial charge in [0.15, 0.2) is 0 Å². The first-order chi connectivity index (χ1) is 12.1. The average molecular weight is 395 g/mol. The van der Waals surface area contributed by atoms with Gasteiger partial charge in [-0.2, -0.15) is 0 Å². The molecule has 5 nitrogen and oxygen atoms in total. The lowest BCUT2D eigenvalue weighted by Crippen LogP contribution is -2.47. The lowest BCUT2D eigenvalue weighted by atomic mass is 10.1. The van der Waals surface area contributed by atoms with Gasteiger partial charge in [-0.3, -0.25) is 9.10 Å². The van der Waals surface area contributed by atoms with Gasteiger partial charge in [0.1, 0.15) is 6.04 Å². The smallest absolute Gasteiger partial charge is 0.248 e. The summed E-state index contributed by atoms with van der Waals surface area (Å²) in [5.41, 5.74) is 2.80. The predicted octanol–water partition coefficient (Wildman–Crippen LogP) is 4.14. The number of carbonyl (C=O) groups excluding carboxylic acids is 1. The van der Waals surface area contributed by atoms with Crippen LogP contribution in [-0.4, -0.2) is 26.6 Å². The van der Waals surface area contributed by atoms with Crippen LogP contribution in [0.5, 0.6) is 0 Å². The molecule has 26 heavy (non-hydrogen) atoms. The second-order valence-corrected chi connectivity index (χ2v) is 8.57. The Bertz CT molecular complexity index is 913. The third kappa shape index (κ3) is 4.77. The van der Waals surface area contributed by atoms with E-state index in [-0.39, 0.29) is 0 Å². The summed E-state index contributed by atoms with van der Waals surface area (Å²) in [7, 11) is -3.66. The normalized spacial score (nSPS) is 12.5. The summed E-state index contributed by atoms with van der Waals surface area (Å²) in [6.07, 6.45) is 1.43. The van der Waals surface area contributed by atoms with E-state index in [9.17, 15) is 13.2 Å². The maximum atomic E-state index is 12.9. The van der Waals surface area contributed by atoms with E-state index in [1.807, 2.05) is 19.9 Å². The Labute approximate surface area is 160 Å². The van der Waals surface area contributed by atoms with Gasteiger partial charge in [0, 0.05) is 10.7 Å². The molecule has 2 aromatic carbocycles. The van der Waals surface area contributed by atoms with E-state index in [1.54, 1.807) is 43.3 Å². The van der Waals surface area contributed by atoms with E-state index in [0.717, 1.165) is 17.4 Å². The van der Waals surface area contributed by atoms with E-state index >= 15 is 0 Å². The fourth-order valence-corrected chi connectivity index (χ4v) is 4.15. The van der Waals surface area contributed by atoms with Gasteiger partial charge in [0.05, 0.1) is 11.9 Å². The predicted molar refractivity (Wildman–Crippen MR) is 107 cm³/mol. The first kappa shape index (κ1) is 20.3. The largest absolute Gasteiger partial charge is 0.324 e. The van der Waals surface area contributed by atoms with Gasteiger partial charge < -0.3 is 5.32 Å². The number of amides is 1. The standard InChI is InChI=1S/C19H23ClN2O3S/c1-5-18(19(23)21-17-12-15(20)10-9-14(17)3)22(26(4,24)25)16-8-6-7-13(2)11-16/h6-12,18H,5H2,1-4H3,(H,21,23)/t18-/m0/s1. The Kier molecular flexibility index (Phi) is 6.31. The molecule has 0 aromatic heterocycles. The molecule has 0 aliphatic carbocycles. The Balaban J connectivity index is 2.41. The van der Waals surface area contributed by atoms with E-state index in [1.165, 1.54) is 4.31 Å². The van der Waals surface area contributed by atoms with Crippen LogP contribution in [0.1, 0.15) is 24.5 Å². The monoisotopic (exact) mass is 394 g/mol. The average Bonchev–Trinajstić information content (AvgIpc) is 2.54. The molecule has 0 aliphatic heterocycles. The van der Waals surface area contributed by atoms with Gasteiger partial charge in [-0.15, -0.1) is 0 Å². The van der Waals surface area contributed by atoms with Crippen molar-refractivity contribution in [3.63, 3.8) is 0 Å². The maximum absolute atomic E-state index is 12.9. The van der Waals surface area contributed by atoms with Crippen molar-refractivity contribution in [2.45, 2.75) is 33.2 Å². The number of anilines is 2. The topological polar surface area (TPSA) is 66.5 Å². The quantitative estimate of drug-likeness (QED) is 0.800. The van der Waals surface area contributed by atoms with E-state index in [4.69, 9.17) is 11.6 Å². The van der Waals surface area contributed by atoms with E-state index < -0.39 is 22.0 Å². The molecular weight excluding hydrogens is 372 g/mol. The van der Waals surface area contributed by atoms with Crippen LogP contribution in [0.15, 0.2) is 42.5 Å². The van der Waals surface area contributed by atoms with Crippen LogP contribution < -0.4 is 9.62 Å². The maximum Gasteiger partial charge on any atom is 0.248 e. The SMILES string of the molecule is CC[C@@H](C(=O)Nc1cc(Cl)ccc1C)N(c1cccc(C)c1)S(C)(=O)=O. The highest BCUT2D eigenvalue weighted by molar-refractivity contribution is 7.92. The van der Waals surface area contributed by atoms with Crippen molar-refractivity contribution >= 4 is 38.9 Å². The highest BCUT2D eigenvalue weighted by atomic mass is 35.5. The molecule has 0 spiro atoms. The molecule has 1 atom stereocenters. The first-order valence-corrected chi connectivity index (χ1v) is 10.5. The zero-order valence-electron chi connectivity index (χ0n) is 15.3. The van der Waals surface area contributed by atoms with Gasteiger partial charge in [0.2, 0.25) is 15.9 Å². The molecular formula is C19H23ClN2O3S. The second-order valence-electron chi connectivity index (χ2n) is 6.27. The molecule has 140 valence electrons. The molecule has 0 aliphatic rings. The third-order valence-corrected chi connectivity index (χ3v) is 5.46. The first-order valence-electron chi connectivity index (χ1n) is 8.26. The van der Waals surface area contributed by atoms with Crippen LogP contribution in [-0.2, 0) is 14.8 Å². The molecule has 0 fully saturated rings. The third-order valence-electron chi connectivity index (χ3n) is 4.04. The minimum atomic E-state index is -3.66. The van der Waals surface area contributed by atoms with Crippen molar-refractivity contribution in [3.8, 4) is 0 Å². The zero-order valence-corrected chi connectivity index (χ0v) is 16.9. The second kappa shape index (κ2) is 8.10. The van der Waals surface area contributed by atoms with Crippen LogP contribution in [0.4, 0.5) is 11.4 Å². The zero-order chi connectivity index (χ0) is 19.5. The molecule has 2 rings (SSSR count). The fraction of sp³-hybridized carbons (Fsp3) is 0.316. The summed E-state index contributed by atoms with van der Waals surface area (Å²) in [6.45, 7) is 5.51. The number of aryl methyl sites for hydroxylation is 2. The number of rotatable bonds is 6. The van der Waals surface area contributed by atoms with Crippen molar-refractivity contribution in [1.82, 2.24) is 0 Å². The lowest BCUT2D eigenvalue weighted by Gasteiger charge is -2.30. The number of nitrogens with one attached hydrogen (secondary N) is 1. The van der Waals surface area contributed by atoms with Crippen LogP contribution in [0.2, 0.25) is 5.02 Å². The Morgan fingerprint density at radius 2 is 1.88 bits per heavy atom. The number of halogens is 1. The van der Waals surface area contributed by atoms with Crippen LogP contribution in [0, 0.1) is 13.8 Å². The van der Waals surface area contributed by atoms with Gasteiger partial charge in [-0.1, -0.05) is 36.7 Å². The lowest BCUT2D eigenvalue weighted by molar-refractivity contribution is -0.117. The Morgan fingerprint density at radius 1 is 1.19 bits per heavy atom. The number of hydrogen-bond acceptors (Lipinski definition) is 3. The summed E-state index contributed by atoms with van der Waals surface area (Å²) in [5, 5.41) is 3.31. The minimum absolute atomic E-state index is 0.326. The summed E-state index contributed by atoms with van der Waals surface area (Å²) < 4.78 is 26.1. The summed E-state index contributed by atoms with van der Waals surface area (Å²) in [5.74, 6) is -0.398. The summed E-state index contributed by atoms with van der Waals surface area (Å²) in [4.78, 5) is 12.9. The van der Waals surface area contributed by atoms with Crippen molar-refractivity contribution in [1.29, 1.82) is 0 Å². The molecule has 0 bridgehead atoms. The van der Waals surface area contributed by atoms with Crippen LogP contribution in [0.25, 0.3) is 0 Å². The minimum Gasteiger partial charge on any atom is -0.324 e. The molecule has 0 saturated carbocycles. The number of benzene rings is 2. The summed E-state index contributed by atoms with van der Waals surface area (Å²) >= 11 is 6.00. The summed E-state index contributed by atoms with van der Waals surface area (Å²) in [6, 6.07) is 11.4. The number of hydrogen-bond donors (Lipinski definition) is 1. The van der Waals surface area contributed by atoms with Gasteiger partial charge >= 0.3 is 0 Å². The molecule has 0 saturated heterocycles. The molecule has 7 heteroatoms. The Morgan fingerprint density at radius 3 is 2.46 bits per heavy atom. The highest BCUT2D eigenvalue weighted by Gasteiger charge is 2.31. The Hall–Kier alpha value is -2.05. The number of sulfonamides is 1. The molecule has 0 heterocycles. The molecule has 1 amide bonds. The number of nitrogens with zero attached hydrogens (tertiary/aromatic N) is 1. The van der Waals surface area contributed by atoms with E-state index in [0.29, 0.717) is 22.8 Å². The van der Waals surface area contributed by atoms with Gasteiger partial charge in [0.25, 0.3) is 0 Å². The van der Waals surface area contributed by atoms with Crippen LogP contribution >= 0.6 is 11.6 Å². The molecule has 0 radical (unpaired) electrons. The molecule has 0 unspecified atom stereocenters. The highest BCUT2D eigenvalue weighted by Crippen LogP contribution is 2.25. The van der Waals surface area contributed by atoms with Crippen LogP contribution in [0.3, 0.4) is 0 Å². The molecule has 2 aromatic rings. The number of carbonyl (C=O) groups is 1. The van der Waals surface area contributed by atoms with Crippen molar-refractivity contribution in [3.05, 3.63) is 58.6 Å². The fourth-order valence-electron chi connectivity index (χ4n) is 2.77.